The molecule has 0 atom stereocenters. The van der Waals surface area contributed by atoms with Gasteiger partial charge in [0.05, 0.1) is 26.1 Å². The first-order valence-corrected chi connectivity index (χ1v) is 18.9. The highest BCUT2D eigenvalue weighted by Gasteiger charge is 2.23. The van der Waals surface area contributed by atoms with E-state index < -0.39 is 0 Å². The number of para-hydroxylation sites is 2. The van der Waals surface area contributed by atoms with Crippen LogP contribution in [0.3, 0.4) is 0 Å². The number of anilines is 3. The molecule has 0 aliphatic carbocycles. The predicted molar refractivity (Wildman–Crippen MR) is 217 cm³/mol. The molecule has 0 amide bonds. The summed E-state index contributed by atoms with van der Waals surface area (Å²) in [4.78, 5) is 2.49. The summed E-state index contributed by atoms with van der Waals surface area (Å²) in [5.41, 5.74) is 7.23. The number of hydrogen-bond acceptors (Lipinski definition) is 4. The molecule has 2 nitrogen and oxygen atoms in total. The summed E-state index contributed by atoms with van der Waals surface area (Å²) in [6.07, 6.45) is 0. The standard InChI is InChI=1S/C44H26N2S3/c1-2-11-27(12-3-1)46-36-17-7-4-15-34(36)44-42(46)35-16-10-18-37(43(35)49-44)45(28-21-23-32-30-13-5-8-19-38(30)47-40(32)25-28)29-22-24-33-31-14-6-9-20-39(31)48-41(33)26-29/h1-26H. The van der Waals surface area contributed by atoms with Crippen LogP contribution < -0.4 is 4.90 Å². The molecule has 0 spiro atoms. The fraction of sp³-hybridized carbons (Fsp3) is 0. The molecule has 0 aliphatic rings. The normalized spacial score (nSPS) is 12.1. The average Bonchev–Trinajstić information content (AvgIpc) is 3.90. The van der Waals surface area contributed by atoms with Crippen molar-refractivity contribution in [2.45, 2.75) is 0 Å². The Balaban J connectivity index is 1.21. The van der Waals surface area contributed by atoms with E-state index in [9.17, 15) is 0 Å². The fourth-order valence-electron chi connectivity index (χ4n) is 7.63. The molecule has 0 unspecified atom stereocenters. The molecule has 0 radical (unpaired) electrons. The fourth-order valence-corrected chi connectivity index (χ4v) is 11.2. The first-order valence-electron chi connectivity index (χ1n) is 16.4. The molecule has 0 aliphatic heterocycles. The minimum Gasteiger partial charge on any atom is -0.309 e. The highest BCUT2D eigenvalue weighted by Crippen LogP contribution is 2.50. The summed E-state index contributed by atoms with van der Waals surface area (Å²) in [7, 11) is 0. The Hall–Kier alpha value is -5.46. The van der Waals surface area contributed by atoms with Crippen LogP contribution in [0.4, 0.5) is 17.1 Å². The van der Waals surface area contributed by atoms with Crippen LogP contribution in [-0.4, -0.2) is 4.57 Å². The van der Waals surface area contributed by atoms with Crippen LogP contribution in [0.1, 0.15) is 0 Å². The van der Waals surface area contributed by atoms with E-state index in [0.29, 0.717) is 0 Å². The van der Waals surface area contributed by atoms with Gasteiger partial charge in [-0.3, -0.25) is 0 Å². The maximum atomic E-state index is 2.49. The minimum atomic E-state index is 1.17. The molecule has 7 aromatic carbocycles. The van der Waals surface area contributed by atoms with E-state index in [0.717, 1.165) is 0 Å². The molecule has 4 heterocycles. The number of hydrogen-bond donors (Lipinski definition) is 0. The summed E-state index contributed by atoms with van der Waals surface area (Å²) in [6.45, 7) is 0. The maximum Gasteiger partial charge on any atom is 0.0728 e. The lowest BCUT2D eigenvalue weighted by Gasteiger charge is -2.26. The second-order valence-electron chi connectivity index (χ2n) is 12.5. The SMILES string of the molecule is c1ccc(-n2c3ccccc3c3sc4c(N(c5ccc6c(c5)sc5ccccc56)c5ccc6c(c5)sc5ccccc56)cccc4c32)cc1. The van der Waals surface area contributed by atoms with Gasteiger partial charge in [0.15, 0.2) is 0 Å². The molecule has 230 valence electrons. The quantitative estimate of drug-likeness (QED) is 0.180. The molecule has 11 aromatic rings. The molecular weight excluding hydrogens is 653 g/mol. The second-order valence-corrected chi connectivity index (χ2v) is 15.7. The van der Waals surface area contributed by atoms with E-state index in [-0.39, 0.29) is 0 Å². The van der Waals surface area contributed by atoms with Crippen molar-refractivity contribution in [3.8, 4) is 5.69 Å². The van der Waals surface area contributed by atoms with E-state index in [1.54, 1.807) is 0 Å². The van der Waals surface area contributed by atoms with Crippen molar-refractivity contribution < 1.29 is 0 Å². The molecule has 0 saturated carbocycles. The van der Waals surface area contributed by atoms with Crippen LogP contribution >= 0.6 is 34.0 Å². The van der Waals surface area contributed by atoms with E-state index in [4.69, 9.17) is 0 Å². The number of rotatable bonds is 4. The van der Waals surface area contributed by atoms with E-state index in [2.05, 4.69) is 167 Å². The Bertz CT molecular complexity index is 2950. The molecule has 0 bridgehead atoms. The number of nitrogens with zero attached hydrogens (tertiary/aromatic N) is 2. The van der Waals surface area contributed by atoms with Crippen LogP contribution in [0.15, 0.2) is 158 Å². The van der Waals surface area contributed by atoms with E-state index in [1.807, 2.05) is 34.0 Å². The molecule has 4 aromatic heterocycles. The smallest absolute Gasteiger partial charge is 0.0728 e. The zero-order valence-electron chi connectivity index (χ0n) is 26.1. The summed E-state index contributed by atoms with van der Waals surface area (Å²) in [6, 6.07) is 58.0. The van der Waals surface area contributed by atoms with Gasteiger partial charge in [-0.25, -0.2) is 0 Å². The van der Waals surface area contributed by atoms with Crippen LogP contribution in [0.2, 0.25) is 0 Å². The van der Waals surface area contributed by atoms with Gasteiger partial charge in [-0.1, -0.05) is 97.1 Å². The van der Waals surface area contributed by atoms with Crippen molar-refractivity contribution in [3.63, 3.8) is 0 Å². The second kappa shape index (κ2) is 10.5. The number of thiophene rings is 3. The third kappa shape index (κ3) is 4.04. The lowest BCUT2D eigenvalue weighted by molar-refractivity contribution is 1.19. The van der Waals surface area contributed by atoms with Crippen LogP contribution in [0.5, 0.6) is 0 Å². The van der Waals surface area contributed by atoms with Crippen molar-refractivity contribution in [2.24, 2.45) is 0 Å². The molecule has 5 heteroatoms. The zero-order valence-corrected chi connectivity index (χ0v) is 28.6. The largest absolute Gasteiger partial charge is 0.309 e. The zero-order chi connectivity index (χ0) is 32.1. The van der Waals surface area contributed by atoms with Crippen molar-refractivity contribution in [1.29, 1.82) is 0 Å². The molecule has 49 heavy (non-hydrogen) atoms. The third-order valence-corrected chi connectivity index (χ3v) is 13.3. The maximum absolute atomic E-state index is 2.49. The number of benzene rings is 7. The monoisotopic (exact) mass is 678 g/mol. The van der Waals surface area contributed by atoms with Gasteiger partial charge in [-0.05, 0) is 60.7 Å². The lowest BCUT2D eigenvalue weighted by Crippen LogP contribution is -2.10. The Morgan fingerprint density at radius 1 is 0.388 bits per heavy atom. The van der Waals surface area contributed by atoms with Crippen molar-refractivity contribution >= 4 is 123 Å². The van der Waals surface area contributed by atoms with Gasteiger partial charge >= 0.3 is 0 Å². The molecular formula is C44H26N2S3. The van der Waals surface area contributed by atoms with Crippen molar-refractivity contribution in [3.05, 3.63) is 158 Å². The third-order valence-electron chi connectivity index (χ3n) is 9.78. The van der Waals surface area contributed by atoms with Gasteiger partial charge in [-0.15, -0.1) is 34.0 Å². The lowest BCUT2D eigenvalue weighted by atomic mass is 10.1. The highest BCUT2D eigenvalue weighted by atomic mass is 32.1. The van der Waals surface area contributed by atoms with Crippen molar-refractivity contribution in [2.75, 3.05) is 4.90 Å². The molecule has 0 N–H and O–H groups in total. The predicted octanol–water partition coefficient (Wildman–Crippen LogP) is 14.2. The van der Waals surface area contributed by atoms with Gasteiger partial charge in [0.25, 0.3) is 0 Å². The van der Waals surface area contributed by atoms with Crippen LogP contribution in [0.25, 0.3) is 77.2 Å². The molecule has 0 fully saturated rings. The minimum absolute atomic E-state index is 1.17. The summed E-state index contributed by atoms with van der Waals surface area (Å²) >= 11 is 5.66. The molecule has 11 rings (SSSR count). The van der Waals surface area contributed by atoms with Gasteiger partial charge < -0.3 is 9.47 Å². The summed E-state index contributed by atoms with van der Waals surface area (Å²) in [5.74, 6) is 0. The Kier molecular flexibility index (Phi) is 5.90. The van der Waals surface area contributed by atoms with Gasteiger partial charge in [0.1, 0.15) is 0 Å². The Morgan fingerprint density at radius 3 is 1.61 bits per heavy atom. The first kappa shape index (κ1) is 27.5. The first-order chi connectivity index (χ1) is 24.3. The van der Waals surface area contributed by atoms with Crippen molar-refractivity contribution in [1.82, 2.24) is 4.57 Å². The average molecular weight is 679 g/mol. The Morgan fingerprint density at radius 2 is 0.939 bits per heavy atom. The highest BCUT2D eigenvalue weighted by molar-refractivity contribution is 7.27. The number of fused-ring (bicyclic) bond motifs is 11. The van der Waals surface area contributed by atoms with E-state index in [1.165, 1.54) is 94.3 Å². The molecule has 0 saturated heterocycles. The topological polar surface area (TPSA) is 8.17 Å². The van der Waals surface area contributed by atoms with Crippen LogP contribution in [-0.2, 0) is 0 Å². The summed E-state index contributed by atoms with van der Waals surface area (Å²) < 4.78 is 10.3. The number of aromatic nitrogens is 1. The van der Waals surface area contributed by atoms with Gasteiger partial charge in [-0.2, -0.15) is 0 Å². The van der Waals surface area contributed by atoms with Gasteiger partial charge in [0, 0.05) is 68.2 Å². The van der Waals surface area contributed by atoms with Gasteiger partial charge in [0.2, 0.25) is 0 Å². The van der Waals surface area contributed by atoms with Crippen LogP contribution in [0, 0.1) is 0 Å². The summed E-state index contributed by atoms with van der Waals surface area (Å²) in [5, 5.41) is 7.83. The Labute approximate surface area is 293 Å². The van der Waals surface area contributed by atoms with E-state index >= 15 is 0 Å².